The van der Waals surface area contributed by atoms with E-state index in [1.54, 1.807) is 0 Å². The third-order valence-corrected chi connectivity index (χ3v) is 13.9. The summed E-state index contributed by atoms with van der Waals surface area (Å²) in [7, 11) is 0. The molecule has 0 radical (unpaired) electrons. The van der Waals surface area contributed by atoms with Crippen LogP contribution in [0.3, 0.4) is 0 Å². The highest BCUT2D eigenvalue weighted by Gasteiger charge is 2.38. The lowest BCUT2D eigenvalue weighted by Gasteiger charge is -2.25. The molecular formula is C58H34. The Kier molecular flexibility index (Phi) is 5.96. The number of hydrogen-bond donors (Lipinski definition) is 0. The molecule has 0 heterocycles. The minimum Gasteiger partial charge on any atom is -0.0767 e. The molecule has 10 aromatic rings. The zero-order valence-corrected chi connectivity index (χ0v) is 31.6. The van der Waals surface area contributed by atoms with Crippen LogP contribution < -0.4 is 0 Å². The van der Waals surface area contributed by atoms with Crippen LogP contribution in [0.2, 0.25) is 0 Å². The van der Waals surface area contributed by atoms with Gasteiger partial charge < -0.3 is 0 Å². The average molecular weight is 731 g/mol. The molecule has 0 N–H and O–H groups in total. The molecule has 2 unspecified atom stereocenters. The minimum atomic E-state index is 0.369. The maximum Gasteiger partial charge on any atom is 0.0199 e. The molecule has 0 saturated heterocycles. The summed E-state index contributed by atoms with van der Waals surface area (Å²) < 4.78 is 0. The van der Waals surface area contributed by atoms with Crippen LogP contribution in [0, 0.1) is 11.8 Å². The van der Waals surface area contributed by atoms with Gasteiger partial charge in [-0.15, -0.1) is 0 Å². The summed E-state index contributed by atoms with van der Waals surface area (Å²) >= 11 is 0. The van der Waals surface area contributed by atoms with Gasteiger partial charge in [-0.3, -0.25) is 0 Å². The normalized spacial score (nSPS) is 17.0. The lowest BCUT2D eigenvalue weighted by Crippen LogP contribution is -2.13. The van der Waals surface area contributed by atoms with Crippen molar-refractivity contribution >= 4 is 75.8 Å². The summed E-state index contributed by atoms with van der Waals surface area (Å²) in [5.41, 5.74) is 16.1. The second kappa shape index (κ2) is 11.2. The quantitative estimate of drug-likeness (QED) is 0.155. The lowest BCUT2D eigenvalue weighted by atomic mass is 9.78. The Bertz CT molecular complexity index is 3660. The molecule has 266 valence electrons. The molecule has 58 heavy (non-hydrogen) atoms. The van der Waals surface area contributed by atoms with Crippen LogP contribution in [0.25, 0.3) is 120 Å². The first kappa shape index (κ1) is 30.9. The summed E-state index contributed by atoms with van der Waals surface area (Å²) in [6, 6.07) is 60.2. The van der Waals surface area contributed by atoms with Crippen molar-refractivity contribution < 1.29 is 0 Å². The van der Waals surface area contributed by atoms with E-state index in [0.717, 1.165) is 0 Å². The molecule has 0 fully saturated rings. The number of allylic oxidation sites excluding steroid dienone is 8. The van der Waals surface area contributed by atoms with Gasteiger partial charge in [-0.25, -0.2) is 0 Å². The van der Waals surface area contributed by atoms with Crippen LogP contribution in [-0.2, 0) is 0 Å². The summed E-state index contributed by atoms with van der Waals surface area (Å²) in [6.07, 6.45) is 14.0. The van der Waals surface area contributed by atoms with Gasteiger partial charge in [0.25, 0.3) is 0 Å². The Morgan fingerprint density at radius 1 is 0.276 bits per heavy atom. The van der Waals surface area contributed by atoms with Crippen LogP contribution in [-0.4, -0.2) is 0 Å². The molecule has 0 nitrogen and oxygen atoms in total. The molecule has 4 aliphatic carbocycles. The van der Waals surface area contributed by atoms with Crippen molar-refractivity contribution in [3.8, 4) is 44.5 Å². The molecule has 0 saturated carbocycles. The fourth-order valence-corrected chi connectivity index (χ4v) is 11.4. The van der Waals surface area contributed by atoms with Gasteiger partial charge in [0, 0.05) is 11.8 Å². The lowest BCUT2D eigenvalue weighted by molar-refractivity contribution is 0.707. The third kappa shape index (κ3) is 3.99. The zero-order valence-electron chi connectivity index (χ0n) is 31.6. The van der Waals surface area contributed by atoms with Gasteiger partial charge in [0.05, 0.1) is 0 Å². The van der Waals surface area contributed by atoms with Crippen LogP contribution in [0.1, 0.15) is 11.1 Å². The largest absolute Gasteiger partial charge is 0.0767 e. The number of hydrogen-bond acceptors (Lipinski definition) is 0. The van der Waals surface area contributed by atoms with Crippen LogP contribution in [0.5, 0.6) is 0 Å². The van der Waals surface area contributed by atoms with Crippen LogP contribution in [0.4, 0.5) is 0 Å². The topological polar surface area (TPSA) is 0 Å². The van der Waals surface area contributed by atoms with E-state index in [0.29, 0.717) is 11.8 Å². The highest BCUT2D eigenvalue weighted by atomic mass is 14.4. The number of rotatable bonds is 2. The molecule has 0 spiro atoms. The Labute approximate surface area is 336 Å². The molecule has 10 aromatic carbocycles. The predicted octanol–water partition coefficient (Wildman–Crippen LogP) is 15.7. The fraction of sp³-hybridized carbons (Fsp3) is 0.0345. The molecule has 0 aliphatic heterocycles. The molecule has 14 rings (SSSR count). The van der Waals surface area contributed by atoms with E-state index < -0.39 is 0 Å². The van der Waals surface area contributed by atoms with Gasteiger partial charge in [-0.1, -0.05) is 158 Å². The maximum atomic E-state index is 2.56. The maximum absolute atomic E-state index is 2.56. The monoisotopic (exact) mass is 730 g/mol. The first-order valence-electron chi connectivity index (χ1n) is 20.6. The van der Waals surface area contributed by atoms with Gasteiger partial charge in [-0.2, -0.15) is 0 Å². The van der Waals surface area contributed by atoms with Crippen molar-refractivity contribution in [2.75, 3.05) is 0 Å². The standard InChI is InChI=1S/C58H34/c1-3-19-37-33(11-1)13-5-21-39(37)45-27-53-54(55-31-49-43-25-9-17-35-15-7-23-41(57(35)43)47(49)29-51(45)55)28-46(40-22-6-14-34-12-2-4-20-38(34)40)52-30-48-42-24-8-16-36-18-10-26-44(58(36)42)50(48)32-56(52)53/h1-32,35,57H. The van der Waals surface area contributed by atoms with Crippen molar-refractivity contribution in [2.24, 2.45) is 11.8 Å². The van der Waals surface area contributed by atoms with Crippen molar-refractivity contribution in [2.45, 2.75) is 0 Å². The first-order valence-corrected chi connectivity index (χ1v) is 20.6. The van der Waals surface area contributed by atoms with Gasteiger partial charge in [0.1, 0.15) is 0 Å². The second-order valence-corrected chi connectivity index (χ2v) is 16.7. The Morgan fingerprint density at radius 3 is 1.22 bits per heavy atom. The first-order chi connectivity index (χ1) is 28.8. The number of benzene rings is 10. The Balaban J connectivity index is 1.19. The average Bonchev–Trinajstić information content (AvgIpc) is 3.77. The van der Waals surface area contributed by atoms with Gasteiger partial charge in [0.2, 0.25) is 0 Å². The Morgan fingerprint density at radius 2 is 0.672 bits per heavy atom. The van der Waals surface area contributed by atoms with Crippen molar-refractivity contribution in [1.29, 1.82) is 0 Å². The van der Waals surface area contributed by atoms with Crippen molar-refractivity contribution in [1.82, 2.24) is 0 Å². The molecular weight excluding hydrogens is 697 g/mol. The fourth-order valence-electron chi connectivity index (χ4n) is 11.4. The van der Waals surface area contributed by atoms with Gasteiger partial charge in [-0.05, 0) is 168 Å². The molecule has 0 bridgehead atoms. The van der Waals surface area contributed by atoms with E-state index >= 15 is 0 Å². The summed E-state index contributed by atoms with van der Waals surface area (Å²) in [5, 5.41) is 15.6. The summed E-state index contributed by atoms with van der Waals surface area (Å²) in [5.74, 6) is 0.760. The van der Waals surface area contributed by atoms with E-state index in [-0.39, 0.29) is 0 Å². The van der Waals surface area contributed by atoms with Crippen LogP contribution >= 0.6 is 0 Å². The zero-order chi connectivity index (χ0) is 37.6. The van der Waals surface area contributed by atoms with E-state index in [1.807, 2.05) is 0 Å². The highest BCUT2D eigenvalue weighted by Crippen LogP contribution is 2.56. The minimum absolute atomic E-state index is 0.369. The van der Waals surface area contributed by atoms with E-state index in [9.17, 15) is 0 Å². The third-order valence-electron chi connectivity index (χ3n) is 13.9. The number of fused-ring (bicyclic) bond motifs is 13. The molecule has 0 amide bonds. The van der Waals surface area contributed by atoms with Crippen LogP contribution in [0.15, 0.2) is 194 Å². The molecule has 0 heteroatoms. The van der Waals surface area contributed by atoms with E-state index in [1.165, 1.54) is 131 Å². The van der Waals surface area contributed by atoms with E-state index in [4.69, 9.17) is 0 Å². The smallest absolute Gasteiger partial charge is 0.0199 e. The Hall–Kier alpha value is -7.28. The van der Waals surface area contributed by atoms with E-state index in [2.05, 4.69) is 194 Å². The van der Waals surface area contributed by atoms with Crippen molar-refractivity contribution in [3.63, 3.8) is 0 Å². The highest BCUT2D eigenvalue weighted by molar-refractivity contribution is 6.29. The SMILES string of the molecule is C1=CC2C=CC=C3c4cc5c(cc4C(=C1)C32)c(-c1cccc2ccccc12)cc1c2cc3c(cc2c(-c2cccc4ccccc24)cc51)-c1cccc2cccc-3c12. The second-order valence-electron chi connectivity index (χ2n) is 16.7. The molecule has 2 atom stereocenters. The summed E-state index contributed by atoms with van der Waals surface area (Å²) in [6.45, 7) is 0. The summed E-state index contributed by atoms with van der Waals surface area (Å²) in [4.78, 5) is 0. The van der Waals surface area contributed by atoms with Gasteiger partial charge in [0.15, 0.2) is 0 Å². The predicted molar refractivity (Wildman–Crippen MR) is 248 cm³/mol. The molecule has 0 aromatic heterocycles. The van der Waals surface area contributed by atoms with Crippen molar-refractivity contribution in [3.05, 3.63) is 205 Å². The molecule has 4 aliphatic rings. The van der Waals surface area contributed by atoms with Gasteiger partial charge >= 0.3 is 0 Å².